The minimum absolute atomic E-state index is 0.233. The summed E-state index contributed by atoms with van der Waals surface area (Å²) in [4.78, 5) is 18.2. The van der Waals surface area contributed by atoms with Gasteiger partial charge in [-0.05, 0) is 6.07 Å². The molecule has 1 aromatic carbocycles. The number of nitrogens with one attached hydrogen (secondary N) is 3. The highest BCUT2D eigenvalue weighted by atomic mass is 19.1. The lowest BCUT2D eigenvalue weighted by Crippen LogP contribution is -2.46. The maximum Gasteiger partial charge on any atom is 0.232 e. The number of anilines is 3. The second kappa shape index (κ2) is 8.45. The van der Waals surface area contributed by atoms with E-state index < -0.39 is 0 Å². The van der Waals surface area contributed by atoms with E-state index in [1.54, 1.807) is 12.1 Å². The number of hydrogen-bond donors (Lipinski definition) is 3. The maximum atomic E-state index is 13.9. The molecule has 8 nitrogen and oxygen atoms in total. The Kier molecular flexibility index (Phi) is 5.59. The van der Waals surface area contributed by atoms with E-state index in [2.05, 4.69) is 35.7 Å². The van der Waals surface area contributed by atoms with Crippen molar-refractivity contribution in [2.75, 3.05) is 67.5 Å². The van der Waals surface area contributed by atoms with Crippen LogP contribution in [-0.4, -0.2) is 67.3 Å². The molecule has 3 N–H and O–H groups in total. The number of aromatic nitrogens is 3. The minimum Gasteiger partial charge on any atom is -0.350 e. The number of piperazine rings is 2. The first-order valence-corrected chi connectivity index (χ1v) is 9.44. The van der Waals surface area contributed by atoms with E-state index in [0.29, 0.717) is 30.0 Å². The molecule has 0 bridgehead atoms. The molecule has 2 aliphatic heterocycles. The van der Waals surface area contributed by atoms with Crippen LogP contribution in [0.2, 0.25) is 0 Å². The zero-order chi connectivity index (χ0) is 18.5. The predicted molar refractivity (Wildman–Crippen MR) is 104 cm³/mol. The Morgan fingerprint density at radius 3 is 1.96 bits per heavy atom. The molecule has 2 aromatic rings. The second-order valence-electron chi connectivity index (χ2n) is 6.68. The molecule has 0 saturated carbocycles. The van der Waals surface area contributed by atoms with E-state index in [-0.39, 0.29) is 5.82 Å². The third kappa shape index (κ3) is 4.42. The first kappa shape index (κ1) is 17.9. The van der Waals surface area contributed by atoms with Crippen molar-refractivity contribution in [1.82, 2.24) is 25.6 Å². The molecular formula is C18H25FN8. The van der Waals surface area contributed by atoms with Crippen LogP contribution in [0.3, 0.4) is 0 Å². The van der Waals surface area contributed by atoms with Gasteiger partial charge in [-0.3, -0.25) is 0 Å². The molecule has 4 rings (SSSR count). The summed E-state index contributed by atoms with van der Waals surface area (Å²) >= 11 is 0. The Morgan fingerprint density at radius 1 is 0.852 bits per heavy atom. The molecule has 144 valence electrons. The third-order valence-corrected chi connectivity index (χ3v) is 4.81. The van der Waals surface area contributed by atoms with E-state index in [1.807, 2.05) is 6.07 Å². The average molecular weight is 372 g/mol. The summed E-state index contributed by atoms with van der Waals surface area (Å²) in [7, 11) is 0. The Hall–Kier alpha value is -2.52. The van der Waals surface area contributed by atoms with E-state index in [0.717, 1.165) is 52.4 Å². The van der Waals surface area contributed by atoms with Crippen LogP contribution in [0.15, 0.2) is 24.3 Å². The zero-order valence-corrected chi connectivity index (χ0v) is 15.3. The lowest BCUT2D eigenvalue weighted by atomic mass is 10.2. The fraction of sp³-hybridized carbons (Fsp3) is 0.500. The van der Waals surface area contributed by atoms with Gasteiger partial charge in [-0.15, -0.1) is 0 Å². The fourth-order valence-corrected chi connectivity index (χ4v) is 3.26. The highest BCUT2D eigenvalue weighted by Crippen LogP contribution is 2.18. The molecule has 1 aromatic heterocycles. The number of nitrogens with zero attached hydrogens (tertiary/aromatic N) is 5. The van der Waals surface area contributed by atoms with Crippen LogP contribution in [-0.2, 0) is 6.54 Å². The van der Waals surface area contributed by atoms with Crippen LogP contribution < -0.4 is 25.8 Å². The van der Waals surface area contributed by atoms with E-state index in [1.165, 1.54) is 6.07 Å². The number of hydrogen-bond acceptors (Lipinski definition) is 8. The van der Waals surface area contributed by atoms with Crippen LogP contribution >= 0.6 is 0 Å². The third-order valence-electron chi connectivity index (χ3n) is 4.81. The summed E-state index contributed by atoms with van der Waals surface area (Å²) < 4.78 is 13.9. The average Bonchev–Trinajstić information content (AvgIpc) is 2.74. The fourth-order valence-electron chi connectivity index (χ4n) is 3.26. The lowest BCUT2D eigenvalue weighted by molar-refractivity contribution is 0.568. The smallest absolute Gasteiger partial charge is 0.232 e. The van der Waals surface area contributed by atoms with Gasteiger partial charge in [0.25, 0.3) is 0 Å². The Morgan fingerprint density at radius 2 is 1.41 bits per heavy atom. The number of benzene rings is 1. The van der Waals surface area contributed by atoms with Gasteiger partial charge in [0.2, 0.25) is 17.8 Å². The summed E-state index contributed by atoms with van der Waals surface area (Å²) in [5, 5.41) is 9.86. The molecule has 0 amide bonds. The molecule has 2 fully saturated rings. The highest BCUT2D eigenvalue weighted by Gasteiger charge is 2.20. The first-order chi connectivity index (χ1) is 13.3. The van der Waals surface area contributed by atoms with Gasteiger partial charge >= 0.3 is 0 Å². The molecule has 3 heterocycles. The molecule has 0 unspecified atom stereocenters. The van der Waals surface area contributed by atoms with Gasteiger partial charge in [-0.2, -0.15) is 15.0 Å². The van der Waals surface area contributed by atoms with Crippen molar-refractivity contribution in [2.45, 2.75) is 6.54 Å². The molecule has 2 saturated heterocycles. The van der Waals surface area contributed by atoms with Gasteiger partial charge in [0.1, 0.15) is 5.82 Å². The second-order valence-corrected chi connectivity index (χ2v) is 6.68. The first-order valence-electron chi connectivity index (χ1n) is 9.44. The molecule has 0 aliphatic carbocycles. The summed E-state index contributed by atoms with van der Waals surface area (Å²) in [6.07, 6.45) is 0. The normalized spacial score (nSPS) is 17.8. The number of rotatable bonds is 5. The van der Waals surface area contributed by atoms with Crippen molar-refractivity contribution in [3.8, 4) is 0 Å². The van der Waals surface area contributed by atoms with Gasteiger partial charge in [-0.1, -0.05) is 18.2 Å². The van der Waals surface area contributed by atoms with Crippen molar-refractivity contribution in [3.05, 3.63) is 35.6 Å². The van der Waals surface area contributed by atoms with Crippen LogP contribution in [0.25, 0.3) is 0 Å². The van der Waals surface area contributed by atoms with Gasteiger partial charge in [-0.25, -0.2) is 4.39 Å². The van der Waals surface area contributed by atoms with Crippen LogP contribution in [0, 0.1) is 5.82 Å². The standard InChI is InChI=1S/C18H25FN8/c19-15-4-2-1-3-14(15)13-22-16-23-17(26-9-5-20-6-10-26)25-18(24-16)27-11-7-21-8-12-27/h1-4,20-21H,5-13H2,(H,22,23,24,25). The molecule has 27 heavy (non-hydrogen) atoms. The summed E-state index contributed by atoms with van der Waals surface area (Å²) in [6, 6.07) is 6.74. The molecule has 2 aliphatic rings. The summed E-state index contributed by atoms with van der Waals surface area (Å²) in [5.41, 5.74) is 0.588. The molecule has 0 spiro atoms. The summed E-state index contributed by atoms with van der Waals surface area (Å²) in [5.74, 6) is 1.60. The quantitative estimate of drug-likeness (QED) is 0.698. The molecule has 9 heteroatoms. The summed E-state index contributed by atoms with van der Waals surface area (Å²) in [6.45, 7) is 7.41. The van der Waals surface area contributed by atoms with E-state index >= 15 is 0 Å². The van der Waals surface area contributed by atoms with Crippen molar-refractivity contribution in [3.63, 3.8) is 0 Å². The molecule has 0 atom stereocenters. The topological polar surface area (TPSA) is 81.2 Å². The SMILES string of the molecule is Fc1ccccc1CNc1nc(N2CCNCC2)nc(N2CCNCC2)n1. The number of halogens is 1. The monoisotopic (exact) mass is 372 g/mol. The van der Waals surface area contributed by atoms with Crippen molar-refractivity contribution in [1.29, 1.82) is 0 Å². The highest BCUT2D eigenvalue weighted by molar-refractivity contribution is 5.46. The van der Waals surface area contributed by atoms with Crippen LogP contribution in [0.5, 0.6) is 0 Å². The van der Waals surface area contributed by atoms with E-state index in [4.69, 9.17) is 4.98 Å². The minimum atomic E-state index is -0.233. The zero-order valence-electron chi connectivity index (χ0n) is 15.3. The van der Waals surface area contributed by atoms with Gasteiger partial charge < -0.3 is 25.8 Å². The lowest BCUT2D eigenvalue weighted by Gasteiger charge is -2.30. The van der Waals surface area contributed by atoms with Gasteiger partial charge in [0.15, 0.2) is 0 Å². The Balaban J connectivity index is 1.57. The van der Waals surface area contributed by atoms with Crippen molar-refractivity contribution < 1.29 is 4.39 Å². The van der Waals surface area contributed by atoms with Gasteiger partial charge in [0, 0.05) is 64.5 Å². The van der Waals surface area contributed by atoms with Gasteiger partial charge in [0.05, 0.1) is 0 Å². The molecular weight excluding hydrogens is 347 g/mol. The van der Waals surface area contributed by atoms with Crippen LogP contribution in [0.4, 0.5) is 22.2 Å². The Bertz CT molecular complexity index is 723. The van der Waals surface area contributed by atoms with Crippen LogP contribution in [0.1, 0.15) is 5.56 Å². The predicted octanol–water partition coefficient (Wildman–Crippen LogP) is 0.442. The Labute approximate surface area is 158 Å². The van der Waals surface area contributed by atoms with E-state index in [9.17, 15) is 4.39 Å². The van der Waals surface area contributed by atoms with Crippen molar-refractivity contribution in [2.24, 2.45) is 0 Å². The van der Waals surface area contributed by atoms with Crippen molar-refractivity contribution >= 4 is 17.8 Å². The molecule has 0 radical (unpaired) electrons. The largest absolute Gasteiger partial charge is 0.350 e. The maximum absolute atomic E-state index is 13.9.